The van der Waals surface area contributed by atoms with Gasteiger partial charge in [0.25, 0.3) is 5.91 Å². The normalized spacial score (nSPS) is 11.6. The number of hydrogen-bond donors (Lipinski definition) is 1. The first-order valence-electron chi connectivity index (χ1n) is 9.77. The Balaban J connectivity index is 1.94. The van der Waals surface area contributed by atoms with Crippen molar-refractivity contribution >= 4 is 28.9 Å². The van der Waals surface area contributed by atoms with Crippen LogP contribution in [0.15, 0.2) is 60.4 Å². The first-order valence-corrected chi connectivity index (χ1v) is 9.77. The molecule has 0 atom stereocenters. The van der Waals surface area contributed by atoms with Gasteiger partial charge in [0.2, 0.25) is 0 Å². The predicted molar refractivity (Wildman–Crippen MR) is 117 cm³/mol. The fourth-order valence-electron chi connectivity index (χ4n) is 3.05. The number of fused-ring (bicyclic) bond motifs is 1. The lowest BCUT2D eigenvalue weighted by atomic mass is 10.1. The molecule has 1 amide bonds. The molecule has 0 spiro atoms. The third-order valence-corrected chi connectivity index (χ3v) is 4.60. The third-order valence-electron chi connectivity index (χ3n) is 4.60. The highest BCUT2D eigenvalue weighted by Crippen LogP contribution is 2.23. The average molecular weight is 406 g/mol. The van der Waals surface area contributed by atoms with Crippen molar-refractivity contribution < 1.29 is 19.1 Å². The Morgan fingerprint density at radius 3 is 2.47 bits per heavy atom. The molecule has 1 heterocycles. The fourth-order valence-corrected chi connectivity index (χ4v) is 3.05. The second-order valence-electron chi connectivity index (χ2n) is 7.45. The van der Waals surface area contributed by atoms with Crippen molar-refractivity contribution in [1.82, 2.24) is 9.88 Å². The highest BCUT2D eigenvalue weighted by atomic mass is 16.5. The molecule has 156 valence electrons. The smallest absolute Gasteiger partial charge is 0.354 e. The number of esters is 1. The van der Waals surface area contributed by atoms with Crippen molar-refractivity contribution in [2.75, 3.05) is 13.7 Å². The number of nitrogens with zero attached hydrogens (tertiary/aromatic N) is 1. The summed E-state index contributed by atoms with van der Waals surface area (Å²) in [5.41, 5.74) is 2.35. The minimum absolute atomic E-state index is 0.0906. The quantitative estimate of drug-likeness (QED) is 0.473. The Kier molecular flexibility index (Phi) is 6.57. The summed E-state index contributed by atoms with van der Waals surface area (Å²) in [5.74, 6) is -0.136. The van der Waals surface area contributed by atoms with E-state index in [4.69, 9.17) is 9.47 Å². The van der Waals surface area contributed by atoms with Crippen molar-refractivity contribution in [3.8, 4) is 5.75 Å². The Hall–Kier alpha value is -3.54. The van der Waals surface area contributed by atoms with E-state index in [0.717, 1.165) is 16.5 Å². The van der Waals surface area contributed by atoms with Gasteiger partial charge >= 0.3 is 5.97 Å². The number of benzene rings is 2. The van der Waals surface area contributed by atoms with Gasteiger partial charge in [-0.1, -0.05) is 32.0 Å². The van der Waals surface area contributed by atoms with Gasteiger partial charge in [-0.05, 0) is 42.3 Å². The second kappa shape index (κ2) is 9.31. The van der Waals surface area contributed by atoms with Crippen molar-refractivity contribution in [3.63, 3.8) is 0 Å². The number of ether oxygens (including phenoxy) is 2. The molecule has 30 heavy (non-hydrogen) atoms. The highest BCUT2D eigenvalue weighted by molar-refractivity contribution is 6.04. The maximum Gasteiger partial charge on any atom is 0.354 e. The Morgan fingerprint density at radius 2 is 1.80 bits per heavy atom. The van der Waals surface area contributed by atoms with Crippen molar-refractivity contribution in [1.29, 1.82) is 0 Å². The molecule has 0 saturated carbocycles. The van der Waals surface area contributed by atoms with Gasteiger partial charge < -0.3 is 19.4 Å². The van der Waals surface area contributed by atoms with Crippen molar-refractivity contribution in [3.05, 3.63) is 71.6 Å². The van der Waals surface area contributed by atoms with E-state index in [0.29, 0.717) is 11.3 Å². The zero-order chi connectivity index (χ0) is 21.7. The molecule has 0 aliphatic rings. The van der Waals surface area contributed by atoms with Crippen LogP contribution in [0.5, 0.6) is 5.75 Å². The van der Waals surface area contributed by atoms with Crippen LogP contribution in [0.2, 0.25) is 0 Å². The topological polar surface area (TPSA) is 69.6 Å². The van der Waals surface area contributed by atoms with Crippen LogP contribution in [-0.4, -0.2) is 30.2 Å². The van der Waals surface area contributed by atoms with E-state index in [1.807, 2.05) is 55.9 Å². The number of nitrogens with one attached hydrogen (secondary N) is 1. The molecule has 1 N–H and O–H groups in total. The van der Waals surface area contributed by atoms with Crippen LogP contribution in [0.1, 0.15) is 29.8 Å². The zero-order valence-corrected chi connectivity index (χ0v) is 17.6. The molecule has 6 nitrogen and oxygen atoms in total. The van der Waals surface area contributed by atoms with E-state index in [-0.39, 0.29) is 18.2 Å². The van der Waals surface area contributed by atoms with Crippen LogP contribution in [0.3, 0.4) is 0 Å². The maximum absolute atomic E-state index is 12.8. The van der Waals surface area contributed by atoms with E-state index in [2.05, 4.69) is 5.32 Å². The molecule has 6 heteroatoms. The van der Waals surface area contributed by atoms with Gasteiger partial charge in [-0.25, -0.2) is 4.79 Å². The van der Waals surface area contributed by atoms with E-state index < -0.39 is 11.9 Å². The molecule has 3 rings (SSSR count). The Bertz CT molecular complexity index is 1080. The summed E-state index contributed by atoms with van der Waals surface area (Å²) >= 11 is 0. The van der Waals surface area contributed by atoms with Gasteiger partial charge in [-0.2, -0.15) is 0 Å². The number of hydrogen-bond acceptors (Lipinski definition) is 4. The SMILES string of the molecule is COc1ccc(C(=O)NC(=Cc2cn(C)c3ccccc23)C(=O)OCC(C)C)cc1. The molecule has 0 unspecified atom stereocenters. The first-order chi connectivity index (χ1) is 14.4. The molecule has 0 bridgehead atoms. The van der Waals surface area contributed by atoms with E-state index >= 15 is 0 Å². The molecule has 0 radical (unpaired) electrons. The van der Waals surface area contributed by atoms with Gasteiger partial charge in [0.05, 0.1) is 13.7 Å². The molecule has 0 aliphatic carbocycles. The predicted octanol–water partition coefficient (Wildman–Crippen LogP) is 4.16. The summed E-state index contributed by atoms with van der Waals surface area (Å²) in [4.78, 5) is 25.5. The van der Waals surface area contributed by atoms with E-state index in [1.165, 1.54) is 0 Å². The summed E-state index contributed by atoms with van der Waals surface area (Å²) in [7, 11) is 3.50. The van der Waals surface area contributed by atoms with Crippen LogP contribution in [0.4, 0.5) is 0 Å². The summed E-state index contributed by atoms with van der Waals surface area (Å²) in [6, 6.07) is 14.5. The largest absolute Gasteiger partial charge is 0.497 e. The van der Waals surface area contributed by atoms with Gasteiger partial charge in [0.1, 0.15) is 11.4 Å². The van der Waals surface area contributed by atoms with E-state index in [1.54, 1.807) is 37.5 Å². The number of aryl methyl sites for hydroxylation is 1. The minimum Gasteiger partial charge on any atom is -0.497 e. The lowest BCUT2D eigenvalue weighted by Crippen LogP contribution is -2.29. The van der Waals surface area contributed by atoms with Crippen LogP contribution in [0, 0.1) is 5.92 Å². The van der Waals surface area contributed by atoms with Crippen LogP contribution >= 0.6 is 0 Å². The number of methoxy groups -OCH3 is 1. The summed E-state index contributed by atoms with van der Waals surface area (Å²) in [6.07, 6.45) is 3.58. The number of carbonyl (C=O) groups is 2. The minimum atomic E-state index is -0.571. The molecular weight excluding hydrogens is 380 g/mol. The van der Waals surface area contributed by atoms with Gasteiger partial charge in [0, 0.05) is 35.3 Å². The molecular formula is C24H26N2O4. The fraction of sp³-hybridized carbons (Fsp3) is 0.250. The zero-order valence-electron chi connectivity index (χ0n) is 17.6. The van der Waals surface area contributed by atoms with Gasteiger partial charge in [0.15, 0.2) is 0 Å². The van der Waals surface area contributed by atoms with Crippen molar-refractivity contribution in [2.45, 2.75) is 13.8 Å². The monoisotopic (exact) mass is 406 g/mol. The average Bonchev–Trinajstić information content (AvgIpc) is 3.07. The number of aromatic nitrogens is 1. The Labute approximate surface area is 176 Å². The standard InChI is InChI=1S/C24H26N2O4/c1-16(2)15-30-24(28)21(25-23(27)17-9-11-19(29-4)12-10-17)13-18-14-26(3)22-8-6-5-7-20(18)22/h5-14,16H,15H2,1-4H3,(H,25,27). The molecule has 2 aromatic carbocycles. The summed E-state index contributed by atoms with van der Waals surface area (Å²) in [5, 5.41) is 3.69. The van der Waals surface area contributed by atoms with Gasteiger partial charge in [-0.15, -0.1) is 0 Å². The van der Waals surface area contributed by atoms with E-state index in [9.17, 15) is 9.59 Å². The summed E-state index contributed by atoms with van der Waals surface area (Å²) < 4.78 is 12.5. The highest BCUT2D eigenvalue weighted by Gasteiger charge is 2.18. The van der Waals surface area contributed by atoms with Crippen LogP contribution in [-0.2, 0) is 16.6 Å². The Morgan fingerprint density at radius 1 is 1.10 bits per heavy atom. The van der Waals surface area contributed by atoms with Crippen LogP contribution in [0.25, 0.3) is 17.0 Å². The lowest BCUT2D eigenvalue weighted by Gasteiger charge is -2.12. The first kappa shape index (κ1) is 21.2. The number of amides is 1. The number of para-hydroxylation sites is 1. The third kappa shape index (κ3) is 4.89. The maximum atomic E-state index is 12.8. The molecule has 0 fully saturated rings. The molecule has 3 aromatic rings. The van der Waals surface area contributed by atoms with Gasteiger partial charge in [-0.3, -0.25) is 4.79 Å². The molecule has 0 saturated heterocycles. The molecule has 1 aromatic heterocycles. The number of carbonyl (C=O) groups excluding carboxylic acids is 2. The molecule has 0 aliphatic heterocycles. The second-order valence-corrected chi connectivity index (χ2v) is 7.45. The van der Waals surface area contributed by atoms with Crippen molar-refractivity contribution in [2.24, 2.45) is 13.0 Å². The summed E-state index contributed by atoms with van der Waals surface area (Å²) in [6.45, 7) is 4.18. The number of rotatable bonds is 7. The lowest BCUT2D eigenvalue weighted by molar-refractivity contribution is -0.140. The van der Waals surface area contributed by atoms with Crippen LogP contribution < -0.4 is 10.1 Å².